The minimum absolute atomic E-state index is 0.0869. The van der Waals surface area contributed by atoms with E-state index in [1.165, 1.54) is 97.3 Å². The number of carbonyl (C=O) groups is 12. The Morgan fingerprint density at radius 3 is 1.24 bits per heavy atom. The number of benzene rings is 5. The molecule has 0 unspecified atom stereocenters. The largest absolute Gasteiger partial charge is 0.497 e. The SMILES string of the molecule is CO/N=C(/C)c1ccc(C#C[C@]2(CN3Cc4ccc(OC)cc4C3=O)NC(=O)NC2=O)s1.CON=Cc1ccc(C#C[C@@]2(CN3Cc4ccc(OC)cc4C3=O)NC(=O)NC2=O)cc1.COc1ccc2c(c1)C(=O)N(C[C@@]1(C#Cc3cnccc3CO)NC(=O)NC1=O)C2.COc1ccc2c(c1)C(=O)N(C[C@@]1(C#Cc3sccc3Cl)NC(=O)NC1=O)C2. The van der Waals surface area contributed by atoms with E-state index in [0.717, 1.165) is 32.7 Å². The van der Waals surface area contributed by atoms with Gasteiger partial charge in [0.25, 0.3) is 47.3 Å². The second-order valence-corrected chi connectivity index (χ2v) is 30.2. The van der Waals surface area contributed by atoms with Crippen molar-refractivity contribution in [1.82, 2.24) is 67.1 Å². The number of fused-ring (bicyclic) bond motifs is 4. The molecule has 4 saturated heterocycles. The summed E-state index contributed by atoms with van der Waals surface area (Å²) < 4.78 is 20.7. The van der Waals surface area contributed by atoms with E-state index in [4.69, 9.17) is 35.4 Å². The van der Waals surface area contributed by atoms with Gasteiger partial charge in [-0.05, 0) is 131 Å². The summed E-state index contributed by atoms with van der Waals surface area (Å²) in [6.07, 6.45) is 4.53. The van der Waals surface area contributed by atoms with Gasteiger partial charge in [-0.2, -0.15) is 0 Å². The van der Waals surface area contributed by atoms with Gasteiger partial charge in [0.15, 0.2) is 0 Å². The van der Waals surface area contributed by atoms with E-state index in [0.29, 0.717) is 102 Å². The van der Waals surface area contributed by atoms with Crippen molar-refractivity contribution in [3.63, 3.8) is 0 Å². The first-order chi connectivity index (χ1) is 58.6. The number of thiophene rings is 2. The Balaban J connectivity index is 0.000000140. The number of methoxy groups -OCH3 is 4. The lowest BCUT2D eigenvalue weighted by Crippen LogP contribution is -2.54. The number of amides is 16. The molecule has 8 aromatic rings. The molecule has 620 valence electrons. The van der Waals surface area contributed by atoms with Gasteiger partial charge in [-0.3, -0.25) is 64.6 Å². The molecule has 0 aliphatic carbocycles. The van der Waals surface area contributed by atoms with Gasteiger partial charge < -0.3 is 74.6 Å². The zero-order valence-corrected chi connectivity index (χ0v) is 68.2. The van der Waals surface area contributed by atoms with E-state index < -0.39 is 69.9 Å². The summed E-state index contributed by atoms with van der Waals surface area (Å²) in [7, 11) is 9.02. The normalized spacial score (nSPS) is 19.8. The Hall–Kier alpha value is -15.1. The number of imide groups is 4. The quantitative estimate of drug-likeness (QED) is 0.0247. The summed E-state index contributed by atoms with van der Waals surface area (Å²) in [6.45, 7) is 2.35. The summed E-state index contributed by atoms with van der Waals surface area (Å²) in [5.74, 6) is 21.8. The van der Waals surface area contributed by atoms with Gasteiger partial charge in [0.2, 0.25) is 22.2 Å². The highest BCUT2D eigenvalue weighted by Gasteiger charge is 2.53. The number of urea groups is 4. The average Bonchev–Trinajstić information content (AvgIpc) is 1.64. The Bertz CT molecular complexity index is 6020. The smallest absolute Gasteiger partial charge is 0.323 e. The summed E-state index contributed by atoms with van der Waals surface area (Å²) in [6, 6.07) is 32.4. The van der Waals surface area contributed by atoms with Crippen LogP contribution < -0.4 is 61.5 Å². The van der Waals surface area contributed by atoms with Crippen LogP contribution in [0.25, 0.3) is 0 Å². The molecule has 16 rings (SSSR count). The highest BCUT2D eigenvalue weighted by atomic mass is 35.5. The number of hydrogen-bond acceptors (Lipinski definition) is 24. The van der Waals surface area contributed by atoms with Crippen molar-refractivity contribution in [3.05, 3.63) is 226 Å². The van der Waals surface area contributed by atoms with Crippen LogP contribution in [0.4, 0.5) is 19.2 Å². The minimum Gasteiger partial charge on any atom is -0.497 e. The molecule has 0 bridgehead atoms. The van der Waals surface area contributed by atoms with Gasteiger partial charge in [0.05, 0.1) is 92.8 Å². The molecule has 37 heteroatoms. The zero-order valence-electron chi connectivity index (χ0n) is 65.8. The second-order valence-electron chi connectivity index (χ2n) is 27.8. The number of ether oxygens (including phenoxy) is 4. The number of halogens is 1. The average molecular weight is 1710 g/mol. The maximum absolute atomic E-state index is 13.0. The molecule has 3 aromatic heterocycles. The molecule has 11 heterocycles. The number of rotatable bonds is 17. The number of nitrogens with one attached hydrogen (secondary N) is 8. The monoisotopic (exact) mass is 1710 g/mol. The van der Waals surface area contributed by atoms with E-state index in [2.05, 4.69) is 110 Å². The minimum atomic E-state index is -1.62. The third kappa shape index (κ3) is 18.1. The molecule has 34 nitrogen and oxygen atoms in total. The maximum Gasteiger partial charge on any atom is 0.323 e. The van der Waals surface area contributed by atoms with Crippen LogP contribution in [0.2, 0.25) is 5.02 Å². The molecule has 5 aromatic carbocycles. The molecule has 0 spiro atoms. The molecule has 8 aliphatic rings. The molecule has 9 N–H and O–H groups in total. The van der Waals surface area contributed by atoms with E-state index in [1.807, 2.05) is 31.2 Å². The molecule has 4 fully saturated rings. The van der Waals surface area contributed by atoms with E-state index in [-0.39, 0.29) is 63.0 Å². The van der Waals surface area contributed by atoms with Crippen LogP contribution in [-0.4, -0.2) is 204 Å². The first kappa shape index (κ1) is 84.8. The number of nitrogens with zero attached hydrogens (tertiary/aromatic N) is 7. The van der Waals surface area contributed by atoms with Crippen LogP contribution in [0.5, 0.6) is 23.0 Å². The van der Waals surface area contributed by atoms with Gasteiger partial charge in [0, 0.05) is 72.0 Å². The van der Waals surface area contributed by atoms with Gasteiger partial charge >= 0.3 is 24.1 Å². The molecule has 4 atom stereocenters. The van der Waals surface area contributed by atoms with Gasteiger partial charge in [-0.1, -0.05) is 106 Å². The first-order valence-corrected chi connectivity index (χ1v) is 38.9. The Kier molecular flexibility index (Phi) is 25.0. The lowest BCUT2D eigenvalue weighted by Gasteiger charge is -2.26. The van der Waals surface area contributed by atoms with E-state index in [1.54, 1.807) is 109 Å². The van der Waals surface area contributed by atoms with Crippen molar-refractivity contribution in [2.45, 2.75) is 61.9 Å². The molecule has 16 amide bonds. The molecular formula is C85H72ClN15O19S2. The molecular weight excluding hydrogens is 1630 g/mol. The van der Waals surface area contributed by atoms with Crippen molar-refractivity contribution in [2.24, 2.45) is 10.3 Å². The third-order valence-corrected chi connectivity index (χ3v) is 22.4. The highest BCUT2D eigenvalue weighted by molar-refractivity contribution is 7.14. The highest BCUT2D eigenvalue weighted by Crippen LogP contribution is 2.35. The topological polar surface area (TPSA) is 427 Å². The zero-order chi connectivity index (χ0) is 86.8. The third-order valence-electron chi connectivity index (χ3n) is 20.0. The summed E-state index contributed by atoms with van der Waals surface area (Å²) >= 11 is 8.77. The van der Waals surface area contributed by atoms with Crippen molar-refractivity contribution >= 4 is 118 Å². The van der Waals surface area contributed by atoms with Crippen molar-refractivity contribution in [1.29, 1.82) is 0 Å². The molecule has 0 radical (unpaired) electrons. The fourth-order valence-corrected chi connectivity index (χ4v) is 15.5. The summed E-state index contributed by atoms with van der Waals surface area (Å²) in [4.78, 5) is 171. The first-order valence-electron chi connectivity index (χ1n) is 36.8. The number of carbonyl (C=O) groups excluding carboxylic acids is 12. The second kappa shape index (κ2) is 36.0. The van der Waals surface area contributed by atoms with Crippen LogP contribution in [-0.2, 0) is 61.6 Å². The number of aromatic nitrogens is 1. The lowest BCUT2D eigenvalue weighted by molar-refractivity contribution is -0.123. The predicted molar refractivity (Wildman–Crippen MR) is 440 cm³/mol. The summed E-state index contributed by atoms with van der Waals surface area (Å²) in [5.41, 5.74) is 2.07. The number of pyridine rings is 1. The van der Waals surface area contributed by atoms with Crippen LogP contribution in [0.1, 0.15) is 107 Å². The van der Waals surface area contributed by atoms with Gasteiger partial charge in [-0.15, -0.1) is 22.7 Å². The number of aliphatic hydroxyl groups excluding tert-OH is 1. The molecule has 8 aliphatic heterocycles. The van der Waals surface area contributed by atoms with Gasteiger partial charge in [0.1, 0.15) is 37.2 Å². The maximum atomic E-state index is 13.0. The van der Waals surface area contributed by atoms with Crippen LogP contribution in [0.3, 0.4) is 0 Å². The van der Waals surface area contributed by atoms with E-state index >= 15 is 0 Å². The Morgan fingerprint density at radius 2 is 0.885 bits per heavy atom. The van der Waals surface area contributed by atoms with Crippen molar-refractivity contribution < 1.29 is 91.3 Å². The van der Waals surface area contributed by atoms with Crippen LogP contribution in [0.15, 0.2) is 149 Å². The fourth-order valence-electron chi connectivity index (χ4n) is 13.7. The molecule has 0 saturated carbocycles. The summed E-state index contributed by atoms with van der Waals surface area (Å²) in [5, 5.41) is 38.5. The Labute approximate surface area is 708 Å². The number of aliphatic hydroxyl groups is 1. The molecule has 122 heavy (non-hydrogen) atoms. The predicted octanol–water partition coefficient (Wildman–Crippen LogP) is 5.14. The fraction of sp³-hybridized carbons (Fsp3) is 0.235. The van der Waals surface area contributed by atoms with Crippen molar-refractivity contribution in [2.75, 3.05) is 68.8 Å². The van der Waals surface area contributed by atoms with E-state index in [9.17, 15) is 62.6 Å². The van der Waals surface area contributed by atoms with Crippen LogP contribution >= 0.6 is 34.3 Å². The lowest BCUT2D eigenvalue weighted by atomic mass is 9.98. The Morgan fingerprint density at radius 1 is 0.492 bits per heavy atom. The van der Waals surface area contributed by atoms with Gasteiger partial charge in [-0.25, -0.2) is 19.2 Å². The number of hydrogen-bond donors (Lipinski definition) is 9. The van der Waals surface area contributed by atoms with Crippen LogP contribution in [0, 0.1) is 47.4 Å². The standard InChI is InChI=1S/C23H20N4O5.C22H20N4O5S.C21H18N4O5.C19H14ClN3O4S/c1-31-18-8-7-17-13-27(20(28)19(17)11-18)14-23(21(29)25-22(30)26-23)10-9-15-3-5-16(6-4-15)12-24-32-2;1-13(25-31-3)18-7-6-16(32-18)8-9-22(20(28)23-21(29)24-22)12-26-11-14-4-5-15(30-2)10-17(14)19(26)27;1-30-16-3-2-14-10-25(18(27)17(14)8-16)12-21(19(28)23-20(29)24-21)6-4-13-9-22-7-5-15(13)11-26;1-27-12-3-2-11-9-23(16(24)13(11)8-12)10-19(17(25)21-18(26)22-19)6-4-15-14(20)5-7-28-15/h3-8,11-12H,13-14H2,1-2H3,(H2,25,26,29,30);4-7,10H,11-12H2,1-3H3,(H2,23,24,28,29);2-3,5,7-9,26H,10-12H2,1H3,(H2,23,24,28,29);2-3,5,7-8H,9-10H2,1H3,(H2,21,22,25,26)/b;25-13-;;/t23-;22-;21-;19-/m0111/s1. The number of oxime groups is 2. The van der Waals surface area contributed by atoms with Crippen molar-refractivity contribution in [3.8, 4) is 70.4 Å².